The first-order valence-corrected chi connectivity index (χ1v) is 8.86. The quantitative estimate of drug-likeness (QED) is 0.521. The van der Waals surface area contributed by atoms with Crippen LogP contribution in [-0.2, 0) is 0 Å². The van der Waals surface area contributed by atoms with Gasteiger partial charge in [0.25, 0.3) is 0 Å². The summed E-state index contributed by atoms with van der Waals surface area (Å²) in [4.78, 5) is 0. The Hall–Kier alpha value is 0. The average Bonchev–Trinajstić information content (AvgIpc) is 2.37. The fourth-order valence-electron chi connectivity index (χ4n) is 4.23. The molecule has 0 aromatic rings. The highest BCUT2D eigenvalue weighted by Crippen LogP contribution is 2.45. The predicted octanol–water partition coefficient (Wildman–Crippen LogP) is 6.40. The molecule has 0 aromatic carbocycles. The van der Waals surface area contributed by atoms with Crippen LogP contribution >= 0.6 is 0 Å². The van der Waals surface area contributed by atoms with Gasteiger partial charge in [-0.25, -0.2) is 0 Å². The van der Waals surface area contributed by atoms with E-state index in [0.717, 1.165) is 41.4 Å². The third-order valence-electron chi connectivity index (χ3n) is 6.15. The maximum atomic E-state index is 2.53. The van der Waals surface area contributed by atoms with E-state index in [0.29, 0.717) is 0 Å². The van der Waals surface area contributed by atoms with E-state index in [1.165, 1.54) is 32.1 Å². The summed E-state index contributed by atoms with van der Waals surface area (Å²) in [6, 6.07) is 0. The third-order valence-corrected chi connectivity index (χ3v) is 6.15. The van der Waals surface area contributed by atoms with Crippen LogP contribution in [0, 0.1) is 41.4 Å². The highest BCUT2D eigenvalue weighted by atomic mass is 14.4. The zero-order valence-electron chi connectivity index (χ0n) is 14.6. The van der Waals surface area contributed by atoms with Gasteiger partial charge in [-0.2, -0.15) is 0 Å². The molecule has 114 valence electrons. The van der Waals surface area contributed by atoms with Crippen molar-refractivity contribution < 1.29 is 0 Å². The second-order valence-corrected chi connectivity index (χ2v) is 8.08. The molecule has 1 rings (SSSR count). The van der Waals surface area contributed by atoms with Gasteiger partial charge in [-0.15, -0.1) is 0 Å². The molecule has 0 bridgehead atoms. The molecule has 0 amide bonds. The molecule has 1 saturated carbocycles. The van der Waals surface area contributed by atoms with Crippen molar-refractivity contribution in [3.63, 3.8) is 0 Å². The molecule has 0 aliphatic heterocycles. The summed E-state index contributed by atoms with van der Waals surface area (Å²) in [7, 11) is 0. The van der Waals surface area contributed by atoms with Crippen LogP contribution in [0.5, 0.6) is 0 Å². The molecule has 1 aliphatic carbocycles. The minimum Gasteiger partial charge on any atom is -0.0651 e. The summed E-state index contributed by atoms with van der Waals surface area (Å²) in [5, 5.41) is 0. The molecule has 19 heavy (non-hydrogen) atoms. The highest BCUT2D eigenvalue weighted by molar-refractivity contribution is 4.86. The molecule has 0 saturated heterocycles. The molecule has 1 fully saturated rings. The Morgan fingerprint density at radius 2 is 1.58 bits per heavy atom. The van der Waals surface area contributed by atoms with Crippen LogP contribution in [0.15, 0.2) is 0 Å². The number of rotatable bonds is 6. The van der Waals surface area contributed by atoms with Crippen molar-refractivity contribution in [2.45, 2.75) is 80.6 Å². The van der Waals surface area contributed by atoms with Crippen LogP contribution in [0.4, 0.5) is 0 Å². The second kappa shape index (κ2) is 7.70. The van der Waals surface area contributed by atoms with E-state index < -0.39 is 0 Å². The molecule has 6 unspecified atom stereocenters. The van der Waals surface area contributed by atoms with Crippen molar-refractivity contribution in [3.8, 4) is 0 Å². The van der Waals surface area contributed by atoms with Crippen molar-refractivity contribution in [2.75, 3.05) is 0 Å². The molecule has 0 N–H and O–H groups in total. The van der Waals surface area contributed by atoms with E-state index in [4.69, 9.17) is 0 Å². The molecule has 0 heterocycles. The maximum Gasteiger partial charge on any atom is -0.0353 e. The van der Waals surface area contributed by atoms with Crippen LogP contribution < -0.4 is 0 Å². The first kappa shape index (κ1) is 17.1. The Morgan fingerprint density at radius 3 is 2.11 bits per heavy atom. The molecule has 6 atom stereocenters. The van der Waals surface area contributed by atoms with Gasteiger partial charge in [-0.1, -0.05) is 61.3 Å². The Kier molecular flexibility index (Phi) is 6.91. The van der Waals surface area contributed by atoms with Crippen molar-refractivity contribution in [1.82, 2.24) is 0 Å². The van der Waals surface area contributed by atoms with Crippen LogP contribution in [0.1, 0.15) is 80.6 Å². The van der Waals surface area contributed by atoms with E-state index in [-0.39, 0.29) is 0 Å². The lowest BCUT2D eigenvalue weighted by atomic mass is 9.62. The summed E-state index contributed by atoms with van der Waals surface area (Å²) >= 11 is 0. The van der Waals surface area contributed by atoms with E-state index in [2.05, 4.69) is 48.5 Å². The van der Waals surface area contributed by atoms with Gasteiger partial charge in [0.2, 0.25) is 0 Å². The molecule has 0 aromatic heterocycles. The Labute approximate surface area is 122 Å². The second-order valence-electron chi connectivity index (χ2n) is 8.08. The van der Waals surface area contributed by atoms with Crippen molar-refractivity contribution in [3.05, 3.63) is 0 Å². The maximum absolute atomic E-state index is 2.53. The lowest BCUT2D eigenvalue weighted by Gasteiger charge is -2.43. The van der Waals surface area contributed by atoms with E-state index in [9.17, 15) is 0 Å². The van der Waals surface area contributed by atoms with Crippen molar-refractivity contribution in [1.29, 1.82) is 0 Å². The normalized spacial score (nSPS) is 33.2. The zero-order valence-corrected chi connectivity index (χ0v) is 14.6. The Bertz CT molecular complexity index is 242. The Morgan fingerprint density at radius 1 is 0.947 bits per heavy atom. The lowest BCUT2D eigenvalue weighted by molar-refractivity contribution is 0.0651. The number of hydrogen-bond donors (Lipinski definition) is 0. The molecule has 0 heteroatoms. The van der Waals surface area contributed by atoms with Gasteiger partial charge in [0, 0.05) is 0 Å². The Balaban J connectivity index is 2.71. The van der Waals surface area contributed by atoms with Gasteiger partial charge in [-0.05, 0) is 60.7 Å². The van der Waals surface area contributed by atoms with Gasteiger partial charge in [0.1, 0.15) is 0 Å². The molecule has 0 radical (unpaired) electrons. The van der Waals surface area contributed by atoms with Crippen molar-refractivity contribution >= 4 is 0 Å². The predicted molar refractivity (Wildman–Crippen MR) is 87.2 cm³/mol. The van der Waals surface area contributed by atoms with Crippen LogP contribution in [0.2, 0.25) is 0 Å². The first-order valence-electron chi connectivity index (χ1n) is 8.86. The molecular formula is C19H38. The summed E-state index contributed by atoms with van der Waals surface area (Å²) in [6.07, 6.45) is 7.22. The summed E-state index contributed by atoms with van der Waals surface area (Å²) < 4.78 is 0. The van der Waals surface area contributed by atoms with Gasteiger partial charge < -0.3 is 0 Å². The van der Waals surface area contributed by atoms with Crippen LogP contribution in [-0.4, -0.2) is 0 Å². The molecular weight excluding hydrogens is 228 g/mol. The lowest BCUT2D eigenvalue weighted by Crippen LogP contribution is -2.35. The van der Waals surface area contributed by atoms with E-state index in [1.54, 1.807) is 0 Å². The largest absolute Gasteiger partial charge is 0.0651 e. The fraction of sp³-hybridized carbons (Fsp3) is 1.00. The topological polar surface area (TPSA) is 0 Å². The van der Waals surface area contributed by atoms with Crippen LogP contribution in [0.25, 0.3) is 0 Å². The molecule has 1 aliphatic rings. The first-order chi connectivity index (χ1) is 8.86. The van der Waals surface area contributed by atoms with Gasteiger partial charge >= 0.3 is 0 Å². The molecule has 0 spiro atoms. The standard InChI is InChI=1S/C19H38/c1-8-14(4)11-16(6)18-10-9-15(5)12-19(18)17(7)13(2)3/h13-19H,8-12H2,1-7H3. The SMILES string of the molecule is CCC(C)CC(C)C1CCC(C)CC1C(C)C(C)C. The smallest absolute Gasteiger partial charge is 0.0353 e. The summed E-state index contributed by atoms with van der Waals surface area (Å²) in [6.45, 7) is 17.1. The average molecular weight is 267 g/mol. The number of hydrogen-bond acceptors (Lipinski definition) is 0. The van der Waals surface area contributed by atoms with Gasteiger partial charge in [-0.3, -0.25) is 0 Å². The van der Waals surface area contributed by atoms with Gasteiger partial charge in [0.05, 0.1) is 0 Å². The van der Waals surface area contributed by atoms with Crippen molar-refractivity contribution in [2.24, 2.45) is 41.4 Å². The minimum absolute atomic E-state index is 0.841. The zero-order chi connectivity index (χ0) is 14.6. The van der Waals surface area contributed by atoms with E-state index >= 15 is 0 Å². The van der Waals surface area contributed by atoms with E-state index in [1.807, 2.05) is 0 Å². The third kappa shape index (κ3) is 4.80. The minimum atomic E-state index is 0.841. The summed E-state index contributed by atoms with van der Waals surface area (Å²) in [5.74, 6) is 6.49. The highest BCUT2D eigenvalue weighted by Gasteiger charge is 2.36. The van der Waals surface area contributed by atoms with Gasteiger partial charge in [0.15, 0.2) is 0 Å². The fourth-order valence-corrected chi connectivity index (χ4v) is 4.23. The monoisotopic (exact) mass is 266 g/mol. The molecule has 0 nitrogen and oxygen atoms in total. The van der Waals surface area contributed by atoms with Crippen LogP contribution in [0.3, 0.4) is 0 Å². The summed E-state index contributed by atoms with van der Waals surface area (Å²) in [5.41, 5.74) is 0.